The molecule has 10 heteroatoms. The smallest absolute Gasteiger partial charge is 0.417 e. The van der Waals surface area contributed by atoms with Crippen LogP contribution < -0.4 is 15.8 Å². The van der Waals surface area contributed by atoms with Gasteiger partial charge in [0.15, 0.2) is 0 Å². The summed E-state index contributed by atoms with van der Waals surface area (Å²) in [5, 5.41) is 2.50. The molecule has 0 saturated heterocycles. The monoisotopic (exact) mass is 423 g/mol. The topological polar surface area (TPSA) is 77.2 Å². The first-order chi connectivity index (χ1) is 12.3. The molecular weight excluding hydrogens is 406 g/mol. The quantitative estimate of drug-likeness (QED) is 0.663. The Morgan fingerprint density at radius 2 is 1.93 bits per heavy atom. The number of pyridine rings is 1. The summed E-state index contributed by atoms with van der Waals surface area (Å²) in [6.45, 7) is 0.875. The predicted molar refractivity (Wildman–Crippen MR) is 98.3 cm³/mol. The van der Waals surface area contributed by atoms with Gasteiger partial charge in [-0.1, -0.05) is 23.7 Å². The molecule has 0 radical (unpaired) electrons. The zero-order valence-corrected chi connectivity index (χ0v) is 15.6. The average molecular weight is 424 g/mol. The van der Waals surface area contributed by atoms with E-state index >= 15 is 0 Å². The van der Waals surface area contributed by atoms with Gasteiger partial charge in [-0.2, -0.15) is 13.2 Å². The van der Waals surface area contributed by atoms with Gasteiger partial charge in [0.1, 0.15) is 5.02 Å². The standard InChI is InChI=1S/C17H17ClF3N3O2.ClH/c18-14-8-13(17(19,20)21)10-24-16(14)26-7-1-6-23-15(25)12-4-2-11(9-22)3-5-12;/h2-5,8,10H,1,6-7,9,22H2,(H,23,25);1H. The van der Waals surface area contributed by atoms with Gasteiger partial charge in [0.05, 0.1) is 12.2 Å². The molecule has 0 bridgehead atoms. The first-order valence-electron chi connectivity index (χ1n) is 7.74. The molecule has 0 saturated carbocycles. The normalized spacial score (nSPS) is 10.9. The number of rotatable bonds is 7. The maximum Gasteiger partial charge on any atom is 0.417 e. The number of aromatic nitrogens is 1. The number of amides is 1. The van der Waals surface area contributed by atoms with Crippen LogP contribution in [0.1, 0.15) is 27.9 Å². The fourth-order valence-corrected chi connectivity index (χ4v) is 2.24. The Balaban J connectivity index is 0.00000364. The van der Waals surface area contributed by atoms with Crippen molar-refractivity contribution in [1.29, 1.82) is 0 Å². The van der Waals surface area contributed by atoms with Gasteiger partial charge in [0, 0.05) is 24.8 Å². The molecule has 1 aromatic heterocycles. The number of hydrogen-bond donors (Lipinski definition) is 2. The first-order valence-corrected chi connectivity index (χ1v) is 8.12. The van der Waals surface area contributed by atoms with E-state index in [1.807, 2.05) is 0 Å². The minimum atomic E-state index is -4.51. The van der Waals surface area contributed by atoms with Crippen LogP contribution in [0.2, 0.25) is 5.02 Å². The highest BCUT2D eigenvalue weighted by atomic mass is 35.5. The van der Waals surface area contributed by atoms with E-state index in [1.54, 1.807) is 24.3 Å². The third-order valence-electron chi connectivity index (χ3n) is 3.43. The van der Waals surface area contributed by atoms with Crippen LogP contribution in [0.25, 0.3) is 0 Å². The minimum absolute atomic E-state index is 0. The third-order valence-corrected chi connectivity index (χ3v) is 3.70. The summed E-state index contributed by atoms with van der Waals surface area (Å²) in [6, 6.07) is 7.67. The highest BCUT2D eigenvalue weighted by Gasteiger charge is 2.31. The van der Waals surface area contributed by atoms with E-state index in [1.165, 1.54) is 0 Å². The lowest BCUT2D eigenvalue weighted by Gasteiger charge is -2.10. The van der Waals surface area contributed by atoms with Crippen LogP contribution >= 0.6 is 24.0 Å². The van der Waals surface area contributed by atoms with Gasteiger partial charge in [-0.3, -0.25) is 4.79 Å². The number of carbonyl (C=O) groups excluding carboxylic acids is 1. The Bertz CT molecular complexity index is 756. The molecule has 3 N–H and O–H groups in total. The molecule has 0 aliphatic carbocycles. The minimum Gasteiger partial charge on any atom is -0.477 e. The summed E-state index contributed by atoms with van der Waals surface area (Å²) >= 11 is 5.74. The number of alkyl halides is 3. The molecule has 0 spiro atoms. The van der Waals surface area contributed by atoms with Crippen molar-refractivity contribution in [2.45, 2.75) is 19.1 Å². The van der Waals surface area contributed by atoms with E-state index in [-0.39, 0.29) is 35.8 Å². The van der Waals surface area contributed by atoms with Gasteiger partial charge < -0.3 is 15.8 Å². The number of hydrogen-bond acceptors (Lipinski definition) is 4. The number of halogens is 5. The summed E-state index contributed by atoms with van der Waals surface area (Å²) in [5.41, 5.74) is 5.99. The van der Waals surface area contributed by atoms with Gasteiger partial charge in [-0.05, 0) is 30.2 Å². The number of nitrogens with two attached hydrogens (primary N) is 1. The van der Waals surface area contributed by atoms with E-state index in [0.29, 0.717) is 31.3 Å². The molecular formula is C17H18Cl2F3N3O2. The number of carbonyl (C=O) groups is 1. The number of nitrogens with one attached hydrogen (secondary N) is 1. The molecule has 27 heavy (non-hydrogen) atoms. The van der Waals surface area contributed by atoms with E-state index in [0.717, 1.165) is 11.6 Å². The maximum atomic E-state index is 12.5. The lowest BCUT2D eigenvalue weighted by molar-refractivity contribution is -0.137. The molecule has 2 aromatic rings. The molecule has 1 amide bonds. The van der Waals surface area contributed by atoms with E-state index in [9.17, 15) is 18.0 Å². The second kappa shape index (κ2) is 10.3. The second-order valence-electron chi connectivity index (χ2n) is 5.37. The Morgan fingerprint density at radius 3 is 2.48 bits per heavy atom. The molecule has 0 aliphatic rings. The third kappa shape index (κ3) is 6.89. The Hall–Kier alpha value is -2.03. The molecule has 0 unspecified atom stereocenters. The van der Waals surface area contributed by atoms with E-state index in [2.05, 4.69) is 10.3 Å². The molecule has 0 atom stereocenters. The molecule has 1 heterocycles. The predicted octanol–water partition coefficient (Wildman–Crippen LogP) is 3.83. The van der Waals surface area contributed by atoms with Crippen LogP contribution in [0, 0.1) is 0 Å². The van der Waals surface area contributed by atoms with Crippen LogP contribution in [0.3, 0.4) is 0 Å². The Kier molecular flexibility index (Phi) is 8.81. The number of benzene rings is 1. The zero-order valence-electron chi connectivity index (χ0n) is 14.1. The fourth-order valence-electron chi connectivity index (χ4n) is 2.02. The van der Waals surface area contributed by atoms with Gasteiger partial charge >= 0.3 is 6.18 Å². The molecule has 0 fully saturated rings. The van der Waals surface area contributed by atoms with Crippen molar-refractivity contribution in [3.05, 3.63) is 58.2 Å². The van der Waals surface area contributed by atoms with Crippen molar-refractivity contribution in [2.75, 3.05) is 13.2 Å². The van der Waals surface area contributed by atoms with Gasteiger partial charge in [0.25, 0.3) is 5.91 Å². The van der Waals surface area contributed by atoms with E-state index < -0.39 is 11.7 Å². The molecule has 148 valence electrons. The lowest BCUT2D eigenvalue weighted by Crippen LogP contribution is -2.25. The van der Waals surface area contributed by atoms with Crippen LogP contribution in [0.4, 0.5) is 13.2 Å². The molecule has 5 nitrogen and oxygen atoms in total. The zero-order chi connectivity index (χ0) is 19.2. The summed E-state index contributed by atoms with van der Waals surface area (Å²) < 4.78 is 42.8. The SMILES string of the molecule is Cl.NCc1ccc(C(=O)NCCCOc2ncc(C(F)(F)F)cc2Cl)cc1. The number of ether oxygens (including phenoxy) is 1. The Labute approximate surface area is 165 Å². The largest absolute Gasteiger partial charge is 0.477 e. The fraction of sp³-hybridized carbons (Fsp3) is 0.294. The van der Waals surface area contributed by atoms with Crippen molar-refractivity contribution < 1.29 is 22.7 Å². The van der Waals surface area contributed by atoms with Crippen LogP contribution in [0.5, 0.6) is 5.88 Å². The average Bonchev–Trinajstić information content (AvgIpc) is 2.61. The van der Waals surface area contributed by atoms with Crippen LogP contribution in [0.15, 0.2) is 36.5 Å². The summed E-state index contributed by atoms with van der Waals surface area (Å²) in [4.78, 5) is 15.5. The first kappa shape index (κ1) is 23.0. The molecule has 0 aliphatic heterocycles. The number of nitrogens with zero attached hydrogens (tertiary/aromatic N) is 1. The van der Waals surface area contributed by atoms with Crippen LogP contribution in [-0.4, -0.2) is 24.0 Å². The van der Waals surface area contributed by atoms with Crippen molar-refractivity contribution in [1.82, 2.24) is 10.3 Å². The molecule has 1 aromatic carbocycles. The van der Waals surface area contributed by atoms with Crippen molar-refractivity contribution in [3.63, 3.8) is 0 Å². The summed E-state index contributed by atoms with van der Waals surface area (Å²) in [5.74, 6) is -0.317. The van der Waals surface area contributed by atoms with Crippen LogP contribution in [-0.2, 0) is 12.7 Å². The van der Waals surface area contributed by atoms with Crippen molar-refractivity contribution in [2.24, 2.45) is 5.73 Å². The molecule has 2 rings (SSSR count). The lowest BCUT2D eigenvalue weighted by atomic mass is 10.1. The van der Waals surface area contributed by atoms with Crippen molar-refractivity contribution in [3.8, 4) is 5.88 Å². The van der Waals surface area contributed by atoms with Gasteiger partial charge in [-0.25, -0.2) is 4.98 Å². The maximum absolute atomic E-state index is 12.5. The van der Waals surface area contributed by atoms with Gasteiger partial charge in [-0.15, -0.1) is 12.4 Å². The van der Waals surface area contributed by atoms with Gasteiger partial charge in [0.2, 0.25) is 5.88 Å². The highest BCUT2D eigenvalue weighted by molar-refractivity contribution is 6.31. The second-order valence-corrected chi connectivity index (χ2v) is 5.77. The van der Waals surface area contributed by atoms with Crippen molar-refractivity contribution >= 4 is 29.9 Å². The summed E-state index contributed by atoms with van der Waals surface area (Å²) in [6.07, 6.45) is -3.42. The highest BCUT2D eigenvalue weighted by Crippen LogP contribution is 2.33. The van der Waals surface area contributed by atoms with E-state index in [4.69, 9.17) is 22.1 Å². The summed E-state index contributed by atoms with van der Waals surface area (Å²) in [7, 11) is 0. The Morgan fingerprint density at radius 1 is 1.26 bits per heavy atom.